The van der Waals surface area contributed by atoms with Gasteiger partial charge in [-0.25, -0.2) is 4.79 Å². The van der Waals surface area contributed by atoms with Crippen molar-refractivity contribution in [3.8, 4) is 23.4 Å². The number of piperidine rings is 1. The van der Waals surface area contributed by atoms with E-state index >= 15 is 0 Å². The first kappa shape index (κ1) is 22.8. The van der Waals surface area contributed by atoms with E-state index in [-0.39, 0.29) is 35.2 Å². The summed E-state index contributed by atoms with van der Waals surface area (Å²) in [6, 6.07) is 13.2. The first-order valence-corrected chi connectivity index (χ1v) is 11.2. The molecule has 5 rings (SSSR count). The average molecular weight is 482 g/mol. The Morgan fingerprint density at radius 2 is 2.00 bits per heavy atom. The lowest BCUT2D eigenvalue weighted by Crippen LogP contribution is -2.36. The van der Waals surface area contributed by atoms with Gasteiger partial charge in [0.25, 0.3) is 0 Å². The molecule has 35 heavy (non-hydrogen) atoms. The van der Waals surface area contributed by atoms with Gasteiger partial charge in [0.05, 0.1) is 11.1 Å². The molecule has 1 unspecified atom stereocenters. The molecular formula is C25H21F3N4O3. The Morgan fingerprint density at radius 3 is 2.80 bits per heavy atom. The van der Waals surface area contributed by atoms with Crippen LogP contribution in [0.3, 0.4) is 0 Å². The number of fused-ring (bicyclic) bond motifs is 3. The normalized spacial score (nSPS) is 16.9. The molecule has 0 amide bonds. The van der Waals surface area contributed by atoms with Crippen molar-refractivity contribution in [3.05, 3.63) is 75.7 Å². The fourth-order valence-electron chi connectivity index (χ4n) is 4.52. The van der Waals surface area contributed by atoms with Crippen LogP contribution >= 0.6 is 0 Å². The van der Waals surface area contributed by atoms with Gasteiger partial charge in [0.2, 0.25) is 5.88 Å². The fraction of sp³-hybridized carbons (Fsp3) is 0.320. The second-order valence-electron chi connectivity index (χ2n) is 8.55. The van der Waals surface area contributed by atoms with Gasteiger partial charge in [-0.3, -0.25) is 4.57 Å². The zero-order valence-corrected chi connectivity index (χ0v) is 18.6. The van der Waals surface area contributed by atoms with Crippen molar-refractivity contribution in [2.45, 2.75) is 44.6 Å². The Morgan fingerprint density at radius 1 is 1.14 bits per heavy atom. The molecule has 0 saturated carbocycles. The number of benzene rings is 2. The molecule has 7 nitrogen and oxygen atoms in total. The molecule has 1 atom stereocenters. The monoisotopic (exact) mass is 482 g/mol. The van der Waals surface area contributed by atoms with Gasteiger partial charge in [-0.05, 0) is 55.2 Å². The SMILES string of the molecule is N#Cc1cc(COc2cc3n(c(=O)n2)CC2CCCCN32)ccc1Oc1cccc(C(F)(F)F)c1. The first-order chi connectivity index (χ1) is 16.8. The maximum atomic E-state index is 13.0. The zero-order valence-electron chi connectivity index (χ0n) is 18.6. The second-order valence-corrected chi connectivity index (χ2v) is 8.55. The van der Waals surface area contributed by atoms with Crippen molar-refractivity contribution < 1.29 is 22.6 Å². The van der Waals surface area contributed by atoms with E-state index in [1.807, 2.05) is 6.07 Å². The van der Waals surface area contributed by atoms with E-state index in [4.69, 9.17) is 9.47 Å². The molecule has 2 aromatic carbocycles. The summed E-state index contributed by atoms with van der Waals surface area (Å²) in [5.74, 6) is 1.11. The molecule has 1 aromatic heterocycles. The lowest BCUT2D eigenvalue weighted by Gasteiger charge is -2.30. The van der Waals surface area contributed by atoms with Crippen LogP contribution in [0.25, 0.3) is 0 Å². The van der Waals surface area contributed by atoms with Crippen LogP contribution in [0.1, 0.15) is 36.0 Å². The van der Waals surface area contributed by atoms with Crippen molar-refractivity contribution in [1.82, 2.24) is 9.55 Å². The fourth-order valence-corrected chi connectivity index (χ4v) is 4.52. The van der Waals surface area contributed by atoms with E-state index < -0.39 is 11.7 Å². The van der Waals surface area contributed by atoms with E-state index in [1.54, 1.807) is 16.7 Å². The first-order valence-electron chi connectivity index (χ1n) is 11.2. The summed E-state index contributed by atoms with van der Waals surface area (Å²) in [6.07, 6.45) is -1.23. The van der Waals surface area contributed by atoms with E-state index in [1.165, 1.54) is 24.3 Å². The quantitative estimate of drug-likeness (QED) is 0.516. The van der Waals surface area contributed by atoms with Gasteiger partial charge in [-0.1, -0.05) is 12.1 Å². The number of aromatic nitrogens is 2. The van der Waals surface area contributed by atoms with Crippen LogP contribution in [0.4, 0.5) is 19.0 Å². The average Bonchev–Trinajstić information content (AvgIpc) is 3.22. The molecule has 0 bridgehead atoms. The molecule has 10 heteroatoms. The van der Waals surface area contributed by atoms with Gasteiger partial charge in [-0.2, -0.15) is 23.4 Å². The Labute approximate surface area is 199 Å². The van der Waals surface area contributed by atoms with Gasteiger partial charge in [0.15, 0.2) is 0 Å². The van der Waals surface area contributed by atoms with Crippen LogP contribution in [-0.4, -0.2) is 22.1 Å². The number of nitrogens with zero attached hydrogens (tertiary/aromatic N) is 4. The number of hydrogen-bond donors (Lipinski definition) is 0. The molecular weight excluding hydrogens is 461 g/mol. The molecule has 0 radical (unpaired) electrons. The largest absolute Gasteiger partial charge is 0.473 e. The van der Waals surface area contributed by atoms with E-state index in [2.05, 4.69) is 9.88 Å². The topological polar surface area (TPSA) is 80.4 Å². The minimum absolute atomic E-state index is 0.0286. The molecule has 0 spiro atoms. The van der Waals surface area contributed by atoms with Crippen LogP contribution in [0.15, 0.2) is 53.3 Å². The van der Waals surface area contributed by atoms with Gasteiger partial charge in [-0.15, -0.1) is 0 Å². The van der Waals surface area contributed by atoms with Crippen molar-refractivity contribution >= 4 is 5.82 Å². The lowest BCUT2D eigenvalue weighted by molar-refractivity contribution is -0.137. The molecule has 3 aromatic rings. The van der Waals surface area contributed by atoms with Crippen molar-refractivity contribution in [3.63, 3.8) is 0 Å². The highest BCUT2D eigenvalue weighted by Gasteiger charge is 2.33. The number of halogens is 3. The third kappa shape index (κ3) is 4.67. The van der Waals surface area contributed by atoms with Gasteiger partial charge < -0.3 is 14.4 Å². The number of rotatable bonds is 5. The van der Waals surface area contributed by atoms with E-state index in [9.17, 15) is 23.2 Å². The van der Waals surface area contributed by atoms with Gasteiger partial charge in [0.1, 0.15) is 30.0 Å². The lowest BCUT2D eigenvalue weighted by atomic mass is 10.0. The van der Waals surface area contributed by atoms with Crippen molar-refractivity contribution in [2.75, 3.05) is 11.4 Å². The maximum Gasteiger partial charge on any atom is 0.416 e. The Kier molecular flexibility index (Phi) is 5.84. The van der Waals surface area contributed by atoms with Crippen LogP contribution in [0, 0.1) is 11.3 Å². The Hall–Kier alpha value is -4.00. The molecule has 2 aliphatic rings. The standard InChI is InChI=1S/C25H21F3N4O3/c26-25(27,28)18-4-3-6-20(11-18)35-21-8-7-16(10-17(21)13-29)15-34-22-12-23-31-9-2-1-5-19(31)14-32(23)24(33)30-22/h3-4,6-8,10-12,19H,1-2,5,9,14-15H2. The smallest absolute Gasteiger partial charge is 0.416 e. The summed E-state index contributed by atoms with van der Waals surface area (Å²) >= 11 is 0. The highest BCUT2D eigenvalue weighted by atomic mass is 19.4. The van der Waals surface area contributed by atoms with Crippen molar-refractivity contribution in [1.29, 1.82) is 5.26 Å². The number of alkyl halides is 3. The Bertz CT molecular complexity index is 1360. The number of nitriles is 1. The van der Waals surface area contributed by atoms with Crippen LogP contribution < -0.4 is 20.1 Å². The number of anilines is 1. The minimum atomic E-state index is -4.50. The van der Waals surface area contributed by atoms with Crippen LogP contribution in [0.5, 0.6) is 17.4 Å². The zero-order chi connectivity index (χ0) is 24.6. The molecule has 180 valence electrons. The third-order valence-electron chi connectivity index (χ3n) is 6.22. The summed E-state index contributed by atoms with van der Waals surface area (Å²) in [5, 5.41) is 9.53. The molecule has 0 N–H and O–H groups in total. The number of hydrogen-bond acceptors (Lipinski definition) is 6. The third-order valence-corrected chi connectivity index (χ3v) is 6.22. The molecule has 0 aliphatic carbocycles. The molecule has 1 fully saturated rings. The van der Waals surface area contributed by atoms with Crippen LogP contribution in [0.2, 0.25) is 0 Å². The second kappa shape index (κ2) is 8.98. The molecule has 3 heterocycles. The minimum Gasteiger partial charge on any atom is -0.473 e. The predicted molar refractivity (Wildman–Crippen MR) is 120 cm³/mol. The van der Waals surface area contributed by atoms with Gasteiger partial charge >= 0.3 is 11.9 Å². The number of ether oxygens (including phenoxy) is 2. The van der Waals surface area contributed by atoms with Crippen LogP contribution in [-0.2, 0) is 19.3 Å². The predicted octanol–water partition coefficient (Wildman–Crippen LogP) is 4.88. The van der Waals surface area contributed by atoms with E-state index in [0.717, 1.165) is 43.8 Å². The Balaban J connectivity index is 1.31. The highest BCUT2D eigenvalue weighted by molar-refractivity contribution is 5.49. The summed E-state index contributed by atoms with van der Waals surface area (Å²) in [4.78, 5) is 18.8. The molecule has 2 aliphatic heterocycles. The maximum absolute atomic E-state index is 13.0. The van der Waals surface area contributed by atoms with Gasteiger partial charge in [0, 0.05) is 25.2 Å². The highest BCUT2D eigenvalue weighted by Crippen LogP contribution is 2.34. The summed E-state index contributed by atoms with van der Waals surface area (Å²) in [6.45, 7) is 1.59. The summed E-state index contributed by atoms with van der Waals surface area (Å²) < 4.78 is 51.9. The summed E-state index contributed by atoms with van der Waals surface area (Å²) in [7, 11) is 0. The molecule has 1 saturated heterocycles. The summed E-state index contributed by atoms with van der Waals surface area (Å²) in [5.41, 5.74) is -0.431. The van der Waals surface area contributed by atoms with E-state index in [0.29, 0.717) is 18.2 Å². The van der Waals surface area contributed by atoms with Crippen molar-refractivity contribution in [2.24, 2.45) is 0 Å².